The quantitative estimate of drug-likeness (QED) is 0.790. The van der Waals surface area contributed by atoms with Crippen LogP contribution >= 0.6 is 0 Å². The molecule has 2 amide bonds. The van der Waals surface area contributed by atoms with Gasteiger partial charge in [0, 0.05) is 19.2 Å². The Bertz CT molecular complexity index is 1100. The molecule has 2 aromatic rings. The predicted octanol–water partition coefficient (Wildman–Crippen LogP) is 3.55. The van der Waals surface area contributed by atoms with Crippen LogP contribution in [0.5, 0.6) is 0 Å². The van der Waals surface area contributed by atoms with Crippen molar-refractivity contribution in [1.82, 2.24) is 14.5 Å². The fraction of sp³-hybridized carbons (Fsp3) is 0.625. The number of aromatic nitrogens is 2. The van der Waals surface area contributed by atoms with Gasteiger partial charge in [0.1, 0.15) is 17.7 Å². The molecule has 32 heavy (non-hydrogen) atoms. The fourth-order valence-electron chi connectivity index (χ4n) is 7.43. The Morgan fingerprint density at radius 2 is 1.97 bits per heavy atom. The summed E-state index contributed by atoms with van der Waals surface area (Å²) in [7, 11) is 0. The molecular weight excluding hydrogens is 411 g/mol. The molecule has 4 aliphatic carbocycles. The third-order valence-electron chi connectivity index (χ3n) is 8.56. The average molecular weight is 441 g/mol. The highest BCUT2D eigenvalue weighted by atomic mass is 19.1. The Morgan fingerprint density at radius 3 is 2.69 bits per heavy atom. The van der Waals surface area contributed by atoms with Gasteiger partial charge in [-0.05, 0) is 75.3 Å². The monoisotopic (exact) mass is 440 g/mol. The van der Waals surface area contributed by atoms with Crippen molar-refractivity contribution in [3.63, 3.8) is 0 Å². The third-order valence-corrected chi connectivity index (χ3v) is 8.56. The molecule has 0 spiro atoms. The molecule has 7 rings (SSSR count). The molecule has 2 N–H and O–H groups in total. The second-order valence-electron chi connectivity index (χ2n) is 10.5. The first-order valence-corrected chi connectivity index (χ1v) is 11.7. The van der Waals surface area contributed by atoms with Gasteiger partial charge in [-0.15, -0.1) is 0 Å². The summed E-state index contributed by atoms with van der Waals surface area (Å²) in [5.74, 6) is 1.37. The lowest BCUT2D eigenvalue weighted by Crippen LogP contribution is -2.59. The topological polar surface area (TPSA) is 90.4 Å². The second-order valence-corrected chi connectivity index (χ2v) is 10.5. The molecule has 4 bridgehead atoms. The van der Waals surface area contributed by atoms with Gasteiger partial charge in [0.05, 0.1) is 22.5 Å². The molecule has 1 aromatic heterocycles. The predicted molar refractivity (Wildman–Crippen MR) is 115 cm³/mol. The Hall–Kier alpha value is -2.64. The average Bonchev–Trinajstić information content (AvgIpc) is 3.33. The zero-order valence-corrected chi connectivity index (χ0v) is 18.3. The Morgan fingerprint density at radius 1 is 1.22 bits per heavy atom. The van der Waals surface area contributed by atoms with Crippen molar-refractivity contribution in [2.24, 2.45) is 28.9 Å². The Labute approximate surface area is 186 Å². The van der Waals surface area contributed by atoms with Gasteiger partial charge >= 0.3 is 6.09 Å². The first-order chi connectivity index (χ1) is 15.3. The van der Waals surface area contributed by atoms with E-state index < -0.39 is 0 Å². The lowest BCUT2D eigenvalue weighted by Gasteiger charge is -2.58. The minimum absolute atomic E-state index is 0.0923. The summed E-state index contributed by atoms with van der Waals surface area (Å²) in [6, 6.07) is 4.75. The fourth-order valence-corrected chi connectivity index (χ4v) is 7.43. The van der Waals surface area contributed by atoms with E-state index in [1.165, 1.54) is 12.1 Å². The van der Waals surface area contributed by atoms with Gasteiger partial charge in [-0.25, -0.2) is 14.2 Å². The lowest BCUT2D eigenvalue weighted by molar-refractivity contribution is -0.161. The zero-order chi connectivity index (χ0) is 22.2. The lowest BCUT2D eigenvalue weighted by atomic mass is 9.48. The maximum Gasteiger partial charge on any atom is 0.410 e. The number of primary amides is 1. The molecule has 0 radical (unpaired) electrons. The van der Waals surface area contributed by atoms with E-state index in [1.54, 1.807) is 11.0 Å². The number of ether oxygens (including phenoxy) is 1. The van der Waals surface area contributed by atoms with Crippen molar-refractivity contribution in [2.45, 2.75) is 57.6 Å². The van der Waals surface area contributed by atoms with Crippen molar-refractivity contribution >= 4 is 23.0 Å². The minimum Gasteiger partial charge on any atom is -0.446 e. The minimum atomic E-state index is -0.377. The summed E-state index contributed by atoms with van der Waals surface area (Å²) < 4.78 is 21.8. The van der Waals surface area contributed by atoms with Gasteiger partial charge in [0.2, 0.25) is 5.91 Å². The van der Waals surface area contributed by atoms with Crippen LogP contribution in [0.1, 0.15) is 50.4 Å². The van der Waals surface area contributed by atoms with Crippen molar-refractivity contribution in [1.29, 1.82) is 0 Å². The van der Waals surface area contributed by atoms with Crippen LogP contribution in [-0.2, 0) is 9.53 Å². The van der Waals surface area contributed by atoms with Gasteiger partial charge in [0.15, 0.2) is 0 Å². The van der Waals surface area contributed by atoms with Crippen molar-refractivity contribution in [3.8, 4) is 0 Å². The number of imidazole rings is 1. The van der Waals surface area contributed by atoms with Crippen LogP contribution in [0, 0.1) is 35.9 Å². The van der Waals surface area contributed by atoms with E-state index in [4.69, 9.17) is 10.5 Å². The number of benzene rings is 1. The summed E-state index contributed by atoms with van der Waals surface area (Å²) >= 11 is 0. The molecule has 4 saturated carbocycles. The Kier molecular flexibility index (Phi) is 4.33. The van der Waals surface area contributed by atoms with E-state index >= 15 is 0 Å². The number of nitrogens with two attached hydrogens (primary N) is 1. The van der Waals surface area contributed by atoms with E-state index in [9.17, 15) is 14.0 Å². The van der Waals surface area contributed by atoms with Crippen LogP contribution in [-0.4, -0.2) is 45.6 Å². The smallest absolute Gasteiger partial charge is 0.410 e. The molecule has 7 nitrogen and oxygen atoms in total. The van der Waals surface area contributed by atoms with Gasteiger partial charge < -0.3 is 19.9 Å². The van der Waals surface area contributed by atoms with Crippen LogP contribution in [0.15, 0.2) is 18.2 Å². The summed E-state index contributed by atoms with van der Waals surface area (Å²) in [5, 5.41) is 0. The summed E-state index contributed by atoms with van der Waals surface area (Å²) in [4.78, 5) is 31.5. The number of hydrogen-bond acceptors (Lipinski definition) is 4. The normalized spacial score (nSPS) is 35.6. The number of hydrogen-bond donors (Lipinski definition) is 1. The molecule has 8 heteroatoms. The van der Waals surface area contributed by atoms with Crippen molar-refractivity contribution in [2.75, 3.05) is 13.1 Å². The van der Waals surface area contributed by atoms with Gasteiger partial charge in [0.25, 0.3) is 0 Å². The SMILES string of the molecule is Cc1nc2cc(F)ccc2n1[C@H]1CCN(C(=O)O[C@H]2C3CC4CC2C[C@](C(N)=O)(C4)C3)C1. The molecule has 2 unspecified atom stereocenters. The molecule has 5 aliphatic rings. The van der Waals surface area contributed by atoms with E-state index in [0.717, 1.165) is 49.9 Å². The van der Waals surface area contributed by atoms with Crippen LogP contribution in [0.25, 0.3) is 11.0 Å². The number of aryl methyl sites for hydroxylation is 1. The zero-order valence-electron chi connectivity index (χ0n) is 18.3. The first-order valence-electron chi connectivity index (χ1n) is 11.7. The van der Waals surface area contributed by atoms with Crippen LogP contribution in [0.3, 0.4) is 0 Å². The van der Waals surface area contributed by atoms with Crippen molar-refractivity contribution < 1.29 is 18.7 Å². The molecule has 1 aliphatic heterocycles. The number of fused-ring (bicyclic) bond motifs is 1. The van der Waals surface area contributed by atoms with Gasteiger partial charge in [-0.1, -0.05) is 0 Å². The summed E-state index contributed by atoms with van der Waals surface area (Å²) in [6.45, 7) is 3.10. The molecule has 1 aromatic carbocycles. The van der Waals surface area contributed by atoms with Crippen LogP contribution in [0.2, 0.25) is 0 Å². The number of likely N-dealkylation sites (tertiary alicyclic amines) is 1. The summed E-state index contributed by atoms with van der Waals surface area (Å²) in [6.07, 6.45) is 4.93. The van der Waals surface area contributed by atoms with Crippen LogP contribution in [0.4, 0.5) is 9.18 Å². The second kappa shape index (κ2) is 6.93. The number of nitrogens with zero attached hydrogens (tertiary/aromatic N) is 3. The highest BCUT2D eigenvalue weighted by Crippen LogP contribution is 2.60. The highest BCUT2D eigenvalue weighted by Gasteiger charge is 2.59. The maximum atomic E-state index is 13.6. The largest absolute Gasteiger partial charge is 0.446 e. The first kappa shape index (κ1) is 20.0. The summed E-state index contributed by atoms with van der Waals surface area (Å²) in [5.41, 5.74) is 6.93. The van der Waals surface area contributed by atoms with Gasteiger partial charge in [-0.2, -0.15) is 0 Å². The number of carbonyl (C=O) groups excluding carboxylic acids is 2. The highest BCUT2D eigenvalue weighted by molar-refractivity contribution is 5.81. The van der Waals surface area contributed by atoms with Crippen LogP contribution < -0.4 is 5.73 Å². The number of amides is 2. The molecule has 170 valence electrons. The van der Waals surface area contributed by atoms with E-state index in [1.807, 2.05) is 6.92 Å². The Balaban J connectivity index is 1.16. The third kappa shape index (κ3) is 2.94. The van der Waals surface area contributed by atoms with E-state index in [0.29, 0.717) is 24.5 Å². The molecule has 1 saturated heterocycles. The molecule has 5 fully saturated rings. The molecular formula is C24H29FN4O3. The van der Waals surface area contributed by atoms with Crippen molar-refractivity contribution in [3.05, 3.63) is 29.8 Å². The van der Waals surface area contributed by atoms with Gasteiger partial charge in [-0.3, -0.25) is 4.79 Å². The number of halogens is 1. The maximum absolute atomic E-state index is 13.6. The molecule has 2 heterocycles. The number of carbonyl (C=O) groups is 2. The standard InChI is InChI=1S/C24H29FN4O3/c1-13-27-19-8-17(25)2-3-20(19)29(13)18-4-5-28(12-18)23(31)32-21-15-6-14-7-16(21)11-24(9-14,10-15)22(26)30/h2-3,8,14-16,18,21H,4-7,9-12H2,1H3,(H2,26,30)/t14?,15?,16?,18-,21-,24-/m0/s1. The van der Waals surface area contributed by atoms with E-state index in [-0.39, 0.29) is 47.2 Å². The number of rotatable bonds is 3. The molecule has 3 atom stereocenters. The van der Waals surface area contributed by atoms with E-state index in [2.05, 4.69) is 9.55 Å².